The third kappa shape index (κ3) is 4.41. The van der Waals surface area contributed by atoms with Crippen LogP contribution in [0.25, 0.3) is 0 Å². The Hall–Kier alpha value is -3.10. The quantitative estimate of drug-likeness (QED) is 0.559. The van der Waals surface area contributed by atoms with Crippen LogP contribution in [0.5, 0.6) is 0 Å². The molecule has 2 heterocycles. The highest BCUT2D eigenvalue weighted by Crippen LogP contribution is 2.26. The van der Waals surface area contributed by atoms with Crippen LogP contribution in [0.4, 0.5) is 23.2 Å². The van der Waals surface area contributed by atoms with Crippen LogP contribution in [0.1, 0.15) is 53.0 Å². The second-order valence-electron chi connectivity index (χ2n) is 6.02. The number of furan rings is 1. The van der Waals surface area contributed by atoms with Gasteiger partial charge in [-0.2, -0.15) is 5.10 Å². The van der Waals surface area contributed by atoms with Gasteiger partial charge in [0.2, 0.25) is 0 Å². The van der Waals surface area contributed by atoms with E-state index in [2.05, 4.69) is 10.4 Å². The van der Waals surface area contributed by atoms with Gasteiger partial charge in [-0.15, -0.1) is 0 Å². The van der Waals surface area contributed by atoms with Crippen LogP contribution in [0, 0.1) is 0 Å². The van der Waals surface area contributed by atoms with Crippen LogP contribution < -0.4 is 5.32 Å². The van der Waals surface area contributed by atoms with E-state index >= 15 is 0 Å². The van der Waals surface area contributed by atoms with Crippen molar-refractivity contribution in [1.82, 2.24) is 9.78 Å². The van der Waals surface area contributed by atoms with E-state index in [1.165, 1.54) is 12.1 Å². The first-order valence-electron chi connectivity index (χ1n) is 8.50. The van der Waals surface area contributed by atoms with Crippen molar-refractivity contribution in [1.29, 1.82) is 0 Å². The van der Waals surface area contributed by atoms with Crippen molar-refractivity contribution in [2.75, 3.05) is 5.32 Å². The number of hydrogen-bond acceptors (Lipinski definition) is 3. The lowest BCUT2D eigenvalue weighted by Gasteiger charge is -2.05. The molecule has 0 aliphatic heterocycles. The molecule has 3 rings (SSSR count). The van der Waals surface area contributed by atoms with Gasteiger partial charge in [0.15, 0.2) is 5.76 Å². The van der Waals surface area contributed by atoms with Crippen molar-refractivity contribution < 1.29 is 26.8 Å². The molecule has 0 radical (unpaired) electrons. The lowest BCUT2D eigenvalue weighted by atomic mass is 10.1. The van der Waals surface area contributed by atoms with Gasteiger partial charge in [-0.05, 0) is 42.3 Å². The fourth-order valence-electron chi connectivity index (χ4n) is 2.61. The van der Waals surface area contributed by atoms with Gasteiger partial charge >= 0.3 is 0 Å². The van der Waals surface area contributed by atoms with Crippen molar-refractivity contribution in [3.63, 3.8) is 0 Å². The number of carbonyl (C=O) groups is 1. The third-order valence-corrected chi connectivity index (χ3v) is 4.09. The molecular formula is C19H17F4N3O2. The lowest BCUT2D eigenvalue weighted by molar-refractivity contribution is 0.0994. The summed E-state index contributed by atoms with van der Waals surface area (Å²) >= 11 is 0. The minimum atomic E-state index is -2.97. The molecule has 2 aromatic heterocycles. The average molecular weight is 395 g/mol. The standard InChI is InChI=1S/C19H17F4N3O2/c1-2-11-3-5-12(6-4-11)24-19(27)16-8-7-13(28-16)10-26-15(18(22)23)9-14(25-26)17(20)21/h3-9,17-18H,2,10H2,1H3,(H,24,27). The summed E-state index contributed by atoms with van der Waals surface area (Å²) in [6.07, 6.45) is -5.06. The maximum atomic E-state index is 13.0. The second-order valence-corrected chi connectivity index (χ2v) is 6.02. The highest BCUT2D eigenvalue weighted by Gasteiger charge is 2.22. The molecule has 148 valence electrons. The third-order valence-electron chi connectivity index (χ3n) is 4.09. The molecule has 1 aromatic carbocycles. The molecule has 0 saturated heterocycles. The molecule has 0 aliphatic rings. The molecule has 0 spiro atoms. The molecule has 0 atom stereocenters. The van der Waals surface area contributed by atoms with Crippen LogP contribution in [-0.2, 0) is 13.0 Å². The molecule has 0 unspecified atom stereocenters. The van der Waals surface area contributed by atoms with Gasteiger partial charge in [0.1, 0.15) is 17.1 Å². The number of hydrogen-bond donors (Lipinski definition) is 1. The average Bonchev–Trinajstić information content (AvgIpc) is 3.30. The number of rotatable bonds is 7. The Morgan fingerprint density at radius 3 is 2.43 bits per heavy atom. The molecule has 28 heavy (non-hydrogen) atoms. The Balaban J connectivity index is 1.72. The summed E-state index contributed by atoms with van der Waals surface area (Å²) in [4.78, 5) is 12.3. The van der Waals surface area contributed by atoms with Gasteiger partial charge in [-0.25, -0.2) is 17.6 Å². The van der Waals surface area contributed by atoms with Crippen molar-refractivity contribution in [2.24, 2.45) is 0 Å². The van der Waals surface area contributed by atoms with Crippen LogP contribution in [0.2, 0.25) is 0 Å². The largest absolute Gasteiger partial charge is 0.454 e. The highest BCUT2D eigenvalue weighted by molar-refractivity contribution is 6.02. The first kappa shape index (κ1) is 19.7. The smallest absolute Gasteiger partial charge is 0.291 e. The Labute approximate surface area is 158 Å². The van der Waals surface area contributed by atoms with E-state index in [1.807, 2.05) is 19.1 Å². The number of halogens is 4. The number of carbonyl (C=O) groups excluding carboxylic acids is 1. The van der Waals surface area contributed by atoms with E-state index in [0.29, 0.717) is 11.8 Å². The van der Waals surface area contributed by atoms with E-state index in [-0.39, 0.29) is 18.1 Å². The molecule has 0 saturated carbocycles. The molecule has 0 bridgehead atoms. The van der Waals surface area contributed by atoms with Gasteiger partial charge in [0.25, 0.3) is 18.8 Å². The first-order chi connectivity index (χ1) is 13.4. The van der Waals surface area contributed by atoms with Gasteiger partial charge in [-0.1, -0.05) is 19.1 Å². The molecule has 1 amide bonds. The maximum absolute atomic E-state index is 13.0. The number of nitrogens with zero attached hydrogens (tertiary/aromatic N) is 2. The molecule has 0 fully saturated rings. The van der Waals surface area contributed by atoms with Gasteiger partial charge < -0.3 is 9.73 Å². The fraction of sp³-hybridized carbons (Fsp3) is 0.263. The zero-order valence-corrected chi connectivity index (χ0v) is 14.8. The zero-order valence-electron chi connectivity index (χ0n) is 14.8. The maximum Gasteiger partial charge on any atom is 0.291 e. The van der Waals surface area contributed by atoms with Crippen molar-refractivity contribution >= 4 is 11.6 Å². The molecular weight excluding hydrogens is 378 g/mol. The summed E-state index contributed by atoms with van der Waals surface area (Å²) in [5.74, 6) is -0.412. The summed E-state index contributed by atoms with van der Waals surface area (Å²) in [6, 6.07) is 10.7. The second kappa shape index (κ2) is 8.28. The number of aromatic nitrogens is 2. The van der Waals surface area contributed by atoms with Crippen LogP contribution in [-0.4, -0.2) is 15.7 Å². The molecule has 0 aliphatic carbocycles. The van der Waals surface area contributed by atoms with Crippen molar-refractivity contribution in [2.45, 2.75) is 32.7 Å². The Kier molecular flexibility index (Phi) is 5.81. The number of benzene rings is 1. The van der Waals surface area contributed by atoms with Gasteiger partial charge in [0.05, 0.1) is 6.54 Å². The Morgan fingerprint density at radius 2 is 1.82 bits per heavy atom. The predicted octanol–water partition coefficient (Wildman–Crippen LogP) is 5.21. The number of alkyl halides is 4. The minimum absolute atomic E-state index is 0.0330. The number of nitrogens with one attached hydrogen (secondary N) is 1. The molecule has 9 heteroatoms. The van der Waals surface area contributed by atoms with E-state index in [4.69, 9.17) is 4.42 Å². The van der Waals surface area contributed by atoms with Crippen LogP contribution >= 0.6 is 0 Å². The highest BCUT2D eigenvalue weighted by atomic mass is 19.3. The van der Waals surface area contributed by atoms with E-state index in [9.17, 15) is 22.4 Å². The topological polar surface area (TPSA) is 60.1 Å². The Bertz CT molecular complexity index is 949. The molecule has 5 nitrogen and oxygen atoms in total. The summed E-state index contributed by atoms with van der Waals surface area (Å²) in [7, 11) is 0. The van der Waals surface area contributed by atoms with Crippen molar-refractivity contribution in [3.05, 3.63) is 70.9 Å². The van der Waals surface area contributed by atoms with Gasteiger partial charge in [-0.3, -0.25) is 9.48 Å². The summed E-state index contributed by atoms with van der Waals surface area (Å²) in [6.45, 7) is 1.71. The molecule has 3 aromatic rings. The Morgan fingerprint density at radius 1 is 1.11 bits per heavy atom. The van der Waals surface area contributed by atoms with Crippen molar-refractivity contribution in [3.8, 4) is 0 Å². The summed E-state index contributed by atoms with van der Waals surface area (Å²) < 4.78 is 57.6. The van der Waals surface area contributed by atoms with Crippen LogP contribution in [0.15, 0.2) is 46.9 Å². The number of amides is 1. The molecule has 1 N–H and O–H groups in total. The van der Waals surface area contributed by atoms with E-state index < -0.39 is 30.1 Å². The first-order valence-corrected chi connectivity index (χ1v) is 8.50. The number of aryl methyl sites for hydroxylation is 1. The minimum Gasteiger partial charge on any atom is -0.454 e. The normalized spacial score (nSPS) is 11.4. The fourth-order valence-corrected chi connectivity index (χ4v) is 2.61. The van der Waals surface area contributed by atoms with Crippen LogP contribution in [0.3, 0.4) is 0 Å². The van der Waals surface area contributed by atoms with E-state index in [0.717, 1.165) is 16.7 Å². The predicted molar refractivity (Wildman–Crippen MR) is 93.7 cm³/mol. The SMILES string of the molecule is CCc1ccc(NC(=O)c2ccc(Cn3nc(C(F)F)cc3C(F)F)o2)cc1. The summed E-state index contributed by atoms with van der Waals surface area (Å²) in [5.41, 5.74) is 0.313. The monoisotopic (exact) mass is 395 g/mol. The van der Waals surface area contributed by atoms with E-state index in [1.54, 1.807) is 12.1 Å². The summed E-state index contributed by atoms with van der Waals surface area (Å²) in [5, 5.41) is 6.15. The van der Waals surface area contributed by atoms with Gasteiger partial charge in [0, 0.05) is 5.69 Å². The zero-order chi connectivity index (χ0) is 20.3. The lowest BCUT2D eigenvalue weighted by Crippen LogP contribution is -2.11. The number of anilines is 1.